The second-order valence-electron chi connectivity index (χ2n) is 4.23. The van der Waals surface area contributed by atoms with Crippen LogP contribution in [-0.2, 0) is 4.79 Å². The minimum absolute atomic E-state index is 0.251. The molecule has 102 valence electrons. The van der Waals surface area contributed by atoms with Crippen LogP contribution in [-0.4, -0.2) is 12.3 Å². The van der Waals surface area contributed by atoms with Gasteiger partial charge in [0.05, 0.1) is 10.7 Å². The highest BCUT2D eigenvalue weighted by Gasteiger charge is 2.09. The number of carbonyl (C=O) groups excluding carboxylic acids is 2. The highest BCUT2D eigenvalue weighted by Crippen LogP contribution is 2.23. The summed E-state index contributed by atoms with van der Waals surface area (Å²) >= 11 is 5.99. The van der Waals surface area contributed by atoms with Gasteiger partial charge in [-0.1, -0.05) is 29.8 Å². The van der Waals surface area contributed by atoms with E-state index in [-0.39, 0.29) is 5.91 Å². The Morgan fingerprint density at radius 1 is 1.15 bits per heavy atom. The lowest BCUT2D eigenvalue weighted by atomic mass is 10.1. The summed E-state index contributed by atoms with van der Waals surface area (Å²) in [6.45, 7) is 1.92. The van der Waals surface area contributed by atoms with Gasteiger partial charge in [0.15, 0.2) is 0 Å². The molecule has 4 nitrogen and oxygen atoms in total. The molecule has 2 aromatic rings. The van der Waals surface area contributed by atoms with Crippen LogP contribution >= 0.6 is 11.6 Å². The Balaban J connectivity index is 2.20. The number of aryl methyl sites for hydroxylation is 1. The third-order valence-electron chi connectivity index (χ3n) is 2.84. The van der Waals surface area contributed by atoms with E-state index >= 15 is 0 Å². The second-order valence-corrected chi connectivity index (χ2v) is 4.63. The van der Waals surface area contributed by atoms with Gasteiger partial charge in [0.25, 0.3) is 5.91 Å². The fourth-order valence-corrected chi connectivity index (χ4v) is 1.98. The van der Waals surface area contributed by atoms with Gasteiger partial charge in [-0.3, -0.25) is 9.59 Å². The van der Waals surface area contributed by atoms with Crippen molar-refractivity contribution in [1.29, 1.82) is 0 Å². The standard InChI is InChI=1S/C15H13ClN2O2/c1-10-4-2-3-5-13(10)18-15(20)11-6-7-14(17-9-19)12(16)8-11/h2-9H,1H3,(H,17,19)(H,18,20). The number of para-hydroxylation sites is 1. The van der Waals surface area contributed by atoms with Crippen molar-refractivity contribution in [2.24, 2.45) is 0 Å². The molecular weight excluding hydrogens is 276 g/mol. The SMILES string of the molecule is Cc1ccccc1NC(=O)c1ccc(NC=O)c(Cl)c1. The predicted octanol–water partition coefficient (Wildman–Crippen LogP) is 3.47. The van der Waals surface area contributed by atoms with Crippen molar-refractivity contribution in [2.45, 2.75) is 6.92 Å². The molecule has 0 bridgehead atoms. The summed E-state index contributed by atoms with van der Waals surface area (Å²) in [6, 6.07) is 12.2. The molecule has 5 heteroatoms. The number of hydrogen-bond acceptors (Lipinski definition) is 2. The normalized spacial score (nSPS) is 9.90. The zero-order chi connectivity index (χ0) is 14.5. The monoisotopic (exact) mass is 288 g/mol. The Labute approximate surface area is 121 Å². The molecule has 0 spiro atoms. The van der Waals surface area contributed by atoms with Crippen molar-refractivity contribution >= 4 is 35.3 Å². The molecule has 2 aromatic carbocycles. The van der Waals surface area contributed by atoms with Crippen LogP contribution in [0.3, 0.4) is 0 Å². The van der Waals surface area contributed by atoms with Gasteiger partial charge in [0.1, 0.15) is 0 Å². The lowest BCUT2D eigenvalue weighted by Gasteiger charge is -2.09. The molecule has 0 aliphatic rings. The number of amides is 2. The summed E-state index contributed by atoms with van der Waals surface area (Å²) in [5, 5.41) is 5.59. The first-order chi connectivity index (χ1) is 9.61. The Bertz CT molecular complexity index is 656. The maximum atomic E-state index is 12.1. The van der Waals surface area contributed by atoms with E-state index in [2.05, 4.69) is 10.6 Å². The van der Waals surface area contributed by atoms with Crippen molar-refractivity contribution in [1.82, 2.24) is 0 Å². The maximum absolute atomic E-state index is 12.1. The van der Waals surface area contributed by atoms with Crippen LogP contribution < -0.4 is 10.6 Å². The Morgan fingerprint density at radius 2 is 1.90 bits per heavy atom. The molecule has 2 amide bonds. The molecule has 0 saturated heterocycles. The van der Waals surface area contributed by atoms with E-state index in [1.54, 1.807) is 12.1 Å². The number of benzene rings is 2. The van der Waals surface area contributed by atoms with Gasteiger partial charge < -0.3 is 10.6 Å². The smallest absolute Gasteiger partial charge is 0.255 e. The van der Waals surface area contributed by atoms with Crippen LogP contribution in [0.25, 0.3) is 0 Å². The van der Waals surface area contributed by atoms with Gasteiger partial charge in [0.2, 0.25) is 6.41 Å². The van der Waals surface area contributed by atoms with Gasteiger partial charge in [-0.05, 0) is 36.8 Å². The topological polar surface area (TPSA) is 58.2 Å². The lowest BCUT2D eigenvalue weighted by molar-refractivity contribution is -0.105. The Kier molecular flexibility index (Phi) is 4.38. The average Bonchev–Trinajstić information content (AvgIpc) is 2.43. The molecule has 0 aliphatic heterocycles. The second kappa shape index (κ2) is 6.21. The van der Waals surface area contributed by atoms with E-state index in [1.807, 2.05) is 31.2 Å². The molecule has 0 aliphatic carbocycles. The summed E-state index contributed by atoms with van der Waals surface area (Å²) in [4.78, 5) is 22.5. The van der Waals surface area contributed by atoms with E-state index in [0.717, 1.165) is 11.3 Å². The zero-order valence-corrected chi connectivity index (χ0v) is 11.6. The molecule has 0 radical (unpaired) electrons. The van der Waals surface area contributed by atoms with Crippen LogP contribution in [0.5, 0.6) is 0 Å². The third-order valence-corrected chi connectivity index (χ3v) is 3.15. The summed E-state index contributed by atoms with van der Waals surface area (Å²) in [6.07, 6.45) is 0.536. The molecule has 0 heterocycles. The Hall–Kier alpha value is -2.33. The first-order valence-corrected chi connectivity index (χ1v) is 6.36. The minimum Gasteiger partial charge on any atom is -0.327 e. The number of rotatable bonds is 4. The highest BCUT2D eigenvalue weighted by atomic mass is 35.5. The van der Waals surface area contributed by atoms with Crippen molar-refractivity contribution in [3.05, 3.63) is 58.6 Å². The largest absolute Gasteiger partial charge is 0.327 e. The zero-order valence-electron chi connectivity index (χ0n) is 10.8. The van der Waals surface area contributed by atoms with E-state index in [9.17, 15) is 9.59 Å². The molecule has 2 N–H and O–H groups in total. The van der Waals surface area contributed by atoms with Crippen LogP contribution in [0.2, 0.25) is 5.02 Å². The van der Waals surface area contributed by atoms with Gasteiger partial charge in [-0.2, -0.15) is 0 Å². The fourth-order valence-electron chi connectivity index (χ4n) is 1.74. The molecular formula is C15H13ClN2O2. The summed E-state index contributed by atoms with van der Waals surface area (Å²) in [5.41, 5.74) is 2.62. The van der Waals surface area contributed by atoms with E-state index < -0.39 is 0 Å². The predicted molar refractivity (Wildman–Crippen MR) is 80.3 cm³/mol. The van der Waals surface area contributed by atoms with Crippen LogP contribution in [0.15, 0.2) is 42.5 Å². The number of hydrogen-bond donors (Lipinski definition) is 2. The van der Waals surface area contributed by atoms with Crippen LogP contribution in [0, 0.1) is 6.92 Å². The number of nitrogens with one attached hydrogen (secondary N) is 2. The van der Waals surface area contributed by atoms with Crippen molar-refractivity contribution in [2.75, 3.05) is 10.6 Å². The van der Waals surface area contributed by atoms with Crippen molar-refractivity contribution < 1.29 is 9.59 Å². The van der Waals surface area contributed by atoms with Crippen LogP contribution in [0.1, 0.15) is 15.9 Å². The summed E-state index contributed by atoms with van der Waals surface area (Å²) < 4.78 is 0. The van der Waals surface area contributed by atoms with E-state index in [4.69, 9.17) is 11.6 Å². The summed E-state index contributed by atoms with van der Waals surface area (Å²) in [7, 11) is 0. The number of halogens is 1. The average molecular weight is 289 g/mol. The van der Waals surface area contributed by atoms with Gasteiger partial charge in [-0.25, -0.2) is 0 Å². The van der Waals surface area contributed by atoms with Crippen molar-refractivity contribution in [3.63, 3.8) is 0 Å². The molecule has 0 unspecified atom stereocenters. The lowest BCUT2D eigenvalue weighted by Crippen LogP contribution is -2.12. The van der Waals surface area contributed by atoms with E-state index in [1.165, 1.54) is 6.07 Å². The maximum Gasteiger partial charge on any atom is 0.255 e. The molecule has 20 heavy (non-hydrogen) atoms. The van der Waals surface area contributed by atoms with Gasteiger partial charge >= 0.3 is 0 Å². The molecule has 0 atom stereocenters. The quantitative estimate of drug-likeness (QED) is 0.846. The summed E-state index contributed by atoms with van der Waals surface area (Å²) in [5.74, 6) is -0.251. The third kappa shape index (κ3) is 3.16. The first kappa shape index (κ1) is 14.1. The highest BCUT2D eigenvalue weighted by molar-refractivity contribution is 6.34. The molecule has 0 fully saturated rings. The first-order valence-electron chi connectivity index (χ1n) is 5.98. The number of carbonyl (C=O) groups is 2. The fraction of sp³-hybridized carbons (Fsp3) is 0.0667. The van der Waals surface area contributed by atoms with Crippen molar-refractivity contribution in [3.8, 4) is 0 Å². The number of anilines is 2. The van der Waals surface area contributed by atoms with Gasteiger partial charge in [0, 0.05) is 11.3 Å². The minimum atomic E-state index is -0.251. The Morgan fingerprint density at radius 3 is 2.55 bits per heavy atom. The molecule has 0 saturated carbocycles. The molecule has 2 rings (SSSR count). The van der Waals surface area contributed by atoms with Gasteiger partial charge in [-0.15, -0.1) is 0 Å². The van der Waals surface area contributed by atoms with Crippen LogP contribution in [0.4, 0.5) is 11.4 Å². The van der Waals surface area contributed by atoms with E-state index in [0.29, 0.717) is 22.7 Å². The molecule has 0 aromatic heterocycles.